The number of amides is 1. The van der Waals surface area contributed by atoms with Crippen molar-refractivity contribution in [2.24, 2.45) is 27.2 Å². The molecule has 0 saturated heterocycles. The maximum atomic E-state index is 11.4. The van der Waals surface area contributed by atoms with Crippen LogP contribution in [0.4, 0.5) is 5.69 Å². The molecule has 0 spiro atoms. The summed E-state index contributed by atoms with van der Waals surface area (Å²) in [5.41, 5.74) is 18.5. The van der Waals surface area contributed by atoms with Crippen LogP contribution in [0, 0.1) is 0 Å². The fourth-order valence-electron chi connectivity index (χ4n) is 1.79. The number of nitrogens with two attached hydrogens (primary N) is 3. The molecule has 1 amide bonds. The molecule has 0 bridgehead atoms. The highest BCUT2D eigenvalue weighted by Crippen LogP contribution is 2.25. The van der Waals surface area contributed by atoms with Crippen LogP contribution in [0.5, 0.6) is 0 Å². The third-order valence-electron chi connectivity index (χ3n) is 2.54. The summed E-state index contributed by atoms with van der Waals surface area (Å²) in [6, 6.07) is 5.55. The van der Waals surface area contributed by atoms with E-state index in [4.69, 9.17) is 17.2 Å². The van der Waals surface area contributed by atoms with Crippen LogP contribution in [0.15, 0.2) is 28.2 Å². The maximum absolute atomic E-state index is 11.4. The highest BCUT2D eigenvalue weighted by atomic mass is 16.1. The van der Waals surface area contributed by atoms with Gasteiger partial charge in [-0.1, -0.05) is 12.1 Å². The van der Waals surface area contributed by atoms with Crippen molar-refractivity contribution in [3.05, 3.63) is 29.3 Å². The number of nitrogens with one attached hydrogen (secondary N) is 1. The van der Waals surface area contributed by atoms with E-state index in [9.17, 15) is 4.79 Å². The van der Waals surface area contributed by atoms with Crippen molar-refractivity contribution in [1.82, 2.24) is 5.32 Å². The van der Waals surface area contributed by atoms with Crippen LogP contribution >= 0.6 is 0 Å². The van der Waals surface area contributed by atoms with Crippen molar-refractivity contribution < 1.29 is 4.79 Å². The fourth-order valence-corrected chi connectivity index (χ4v) is 1.79. The normalized spacial score (nSPS) is 14.7. The van der Waals surface area contributed by atoms with E-state index < -0.39 is 0 Å². The molecule has 1 aliphatic rings. The molecule has 7 nitrogen and oxygen atoms in total. The van der Waals surface area contributed by atoms with Crippen molar-refractivity contribution in [3.8, 4) is 0 Å². The highest BCUT2D eigenvalue weighted by molar-refractivity contribution is 5.94. The van der Waals surface area contributed by atoms with Crippen molar-refractivity contribution >= 4 is 23.5 Å². The number of hydrogen-bond acceptors (Lipinski definition) is 2. The lowest BCUT2D eigenvalue weighted by molar-refractivity contribution is -0.121. The van der Waals surface area contributed by atoms with Crippen LogP contribution in [0.2, 0.25) is 0 Å². The Morgan fingerprint density at radius 1 is 1.28 bits per heavy atom. The molecule has 0 aromatic heterocycles. The summed E-state index contributed by atoms with van der Waals surface area (Å²) in [5, 5.41) is 2.76. The van der Waals surface area contributed by atoms with Gasteiger partial charge >= 0.3 is 0 Å². The quantitative estimate of drug-likeness (QED) is 0.376. The minimum Gasteiger partial charge on any atom is -0.370 e. The molecule has 7 heteroatoms. The molecule has 1 aliphatic heterocycles. The summed E-state index contributed by atoms with van der Waals surface area (Å²) < 4.78 is 0. The predicted molar refractivity (Wildman–Crippen MR) is 69.1 cm³/mol. The van der Waals surface area contributed by atoms with Crippen LogP contribution < -0.4 is 22.5 Å². The molecular weight excluding hydrogens is 232 g/mol. The summed E-state index contributed by atoms with van der Waals surface area (Å²) in [7, 11) is 0. The smallest absolute Gasteiger partial charge is 0.224 e. The zero-order valence-electron chi connectivity index (χ0n) is 9.68. The molecule has 1 aromatic carbocycles. The summed E-state index contributed by atoms with van der Waals surface area (Å²) in [4.78, 5) is 19.1. The average Bonchev–Trinajstić information content (AvgIpc) is 2.28. The molecule has 0 atom stereocenters. The monoisotopic (exact) mass is 246 g/mol. The van der Waals surface area contributed by atoms with Gasteiger partial charge in [0, 0.05) is 6.54 Å². The Balaban J connectivity index is 2.40. The number of hydrogen-bond donors (Lipinski definition) is 4. The number of nitrogens with zero attached hydrogens (tertiary/aromatic N) is 2. The summed E-state index contributed by atoms with van der Waals surface area (Å²) >= 11 is 0. The van der Waals surface area contributed by atoms with E-state index in [1.54, 1.807) is 6.07 Å². The minimum absolute atomic E-state index is 0.0330. The minimum atomic E-state index is -0.154. The van der Waals surface area contributed by atoms with Gasteiger partial charge in [-0.05, 0) is 17.2 Å². The first-order chi connectivity index (χ1) is 8.56. The van der Waals surface area contributed by atoms with Crippen LogP contribution in [-0.2, 0) is 17.8 Å². The van der Waals surface area contributed by atoms with E-state index in [0.29, 0.717) is 12.2 Å². The predicted octanol–water partition coefficient (Wildman–Crippen LogP) is -0.921. The molecule has 0 unspecified atom stereocenters. The molecule has 1 heterocycles. The number of benzene rings is 1. The van der Waals surface area contributed by atoms with Crippen molar-refractivity contribution in [1.29, 1.82) is 0 Å². The topological polar surface area (TPSA) is 132 Å². The maximum Gasteiger partial charge on any atom is 0.224 e. The summed E-state index contributed by atoms with van der Waals surface area (Å²) in [6.45, 7) is 0.500. The fraction of sp³-hybridized carbons (Fsp3) is 0.182. The van der Waals surface area contributed by atoms with Gasteiger partial charge in [-0.2, -0.15) is 4.99 Å². The van der Waals surface area contributed by atoms with Gasteiger partial charge in [0.25, 0.3) is 0 Å². The summed E-state index contributed by atoms with van der Waals surface area (Å²) in [5.74, 6) is -0.223. The molecule has 0 aliphatic carbocycles. The van der Waals surface area contributed by atoms with Crippen molar-refractivity contribution in [3.63, 3.8) is 0 Å². The Morgan fingerprint density at radius 2 is 2.06 bits per heavy atom. The number of carbonyl (C=O) groups excluding carboxylic acids is 1. The number of fused-ring (bicyclic) bond motifs is 1. The van der Waals surface area contributed by atoms with Gasteiger partial charge < -0.3 is 22.5 Å². The molecule has 0 fully saturated rings. The second-order valence-electron chi connectivity index (χ2n) is 3.87. The van der Waals surface area contributed by atoms with E-state index in [0.717, 1.165) is 11.1 Å². The van der Waals surface area contributed by atoms with Gasteiger partial charge in [0.15, 0.2) is 5.96 Å². The van der Waals surface area contributed by atoms with E-state index in [2.05, 4.69) is 15.3 Å². The Labute approximate surface area is 104 Å². The third-order valence-corrected chi connectivity index (χ3v) is 2.54. The molecule has 2 rings (SSSR count). The van der Waals surface area contributed by atoms with E-state index in [1.165, 1.54) is 0 Å². The number of rotatable bonds is 1. The van der Waals surface area contributed by atoms with Crippen LogP contribution in [0.1, 0.15) is 11.1 Å². The number of aliphatic imine (C=N–C) groups is 2. The van der Waals surface area contributed by atoms with Gasteiger partial charge in [0.2, 0.25) is 11.9 Å². The number of carbonyl (C=O) groups is 1. The lowest BCUT2D eigenvalue weighted by Crippen LogP contribution is -2.30. The standard InChI is InChI=1S/C11H14N6O/c12-10(13)17-11(14)16-8-3-1-2-6-5-15-9(18)4-7(6)8/h1-3H,4-5H2,(H,15,18)(H6,12,13,14,16,17). The van der Waals surface area contributed by atoms with E-state index >= 15 is 0 Å². The molecule has 18 heavy (non-hydrogen) atoms. The molecular formula is C11H14N6O. The second-order valence-corrected chi connectivity index (χ2v) is 3.87. The van der Waals surface area contributed by atoms with Gasteiger partial charge in [-0.15, -0.1) is 0 Å². The Kier molecular flexibility index (Phi) is 3.13. The number of guanidine groups is 2. The first-order valence-electron chi connectivity index (χ1n) is 5.37. The third kappa shape index (κ3) is 2.57. The average molecular weight is 246 g/mol. The van der Waals surface area contributed by atoms with Crippen LogP contribution in [0.3, 0.4) is 0 Å². The first-order valence-corrected chi connectivity index (χ1v) is 5.37. The Bertz CT molecular complexity index is 544. The molecule has 1 aromatic rings. The lowest BCUT2D eigenvalue weighted by atomic mass is 9.99. The largest absolute Gasteiger partial charge is 0.370 e. The second kappa shape index (κ2) is 4.74. The van der Waals surface area contributed by atoms with E-state index in [-0.39, 0.29) is 24.2 Å². The van der Waals surface area contributed by atoms with Gasteiger partial charge in [-0.25, -0.2) is 4.99 Å². The Morgan fingerprint density at radius 3 is 2.78 bits per heavy atom. The molecule has 94 valence electrons. The van der Waals surface area contributed by atoms with Crippen LogP contribution in [0.25, 0.3) is 0 Å². The molecule has 0 radical (unpaired) electrons. The van der Waals surface area contributed by atoms with Crippen LogP contribution in [-0.4, -0.2) is 17.8 Å². The van der Waals surface area contributed by atoms with Gasteiger partial charge in [-0.3, -0.25) is 4.79 Å². The lowest BCUT2D eigenvalue weighted by Gasteiger charge is -2.18. The zero-order chi connectivity index (χ0) is 13.1. The van der Waals surface area contributed by atoms with E-state index in [1.807, 2.05) is 12.1 Å². The van der Waals surface area contributed by atoms with Crippen molar-refractivity contribution in [2.75, 3.05) is 0 Å². The zero-order valence-corrected chi connectivity index (χ0v) is 9.68. The molecule has 0 saturated carbocycles. The SMILES string of the molecule is NC(N)=NC(N)=Nc1cccc2c1CC(=O)NC2. The molecule has 7 N–H and O–H groups in total. The summed E-state index contributed by atoms with van der Waals surface area (Å²) in [6.07, 6.45) is 0.282. The van der Waals surface area contributed by atoms with Gasteiger partial charge in [0.05, 0.1) is 12.1 Å². The first kappa shape index (κ1) is 11.9. The van der Waals surface area contributed by atoms with Gasteiger partial charge in [0.1, 0.15) is 0 Å². The highest BCUT2D eigenvalue weighted by Gasteiger charge is 2.17. The Hall–Kier alpha value is -2.57. The van der Waals surface area contributed by atoms with Crippen molar-refractivity contribution in [2.45, 2.75) is 13.0 Å².